The highest BCUT2D eigenvalue weighted by atomic mass is 32.1. The van der Waals surface area contributed by atoms with Crippen molar-refractivity contribution in [2.45, 2.75) is 20.8 Å². The lowest BCUT2D eigenvalue weighted by atomic mass is 10.1. The van der Waals surface area contributed by atoms with E-state index in [1.54, 1.807) is 19.1 Å². The first-order valence-corrected chi connectivity index (χ1v) is 9.44. The summed E-state index contributed by atoms with van der Waals surface area (Å²) in [5.74, 6) is -0.608. The zero-order chi connectivity index (χ0) is 18.0. The molecule has 0 radical (unpaired) electrons. The number of carbonyl (C=O) groups excluding carboxylic acids is 1. The topological polar surface area (TPSA) is 51.2 Å². The maximum atomic E-state index is 13.0. The Hall–Kier alpha value is -2.25. The van der Waals surface area contributed by atoms with E-state index in [1.807, 2.05) is 19.2 Å². The molecule has 7 heteroatoms. The van der Waals surface area contributed by atoms with Gasteiger partial charge in [-0.2, -0.15) is 0 Å². The number of carbonyl (C=O) groups is 1. The fourth-order valence-electron chi connectivity index (χ4n) is 2.35. The Morgan fingerprint density at radius 2 is 2.00 bits per heavy atom. The Morgan fingerprint density at radius 3 is 2.68 bits per heavy atom. The maximum Gasteiger partial charge on any atom is 0.341 e. The molecule has 3 aromatic rings. The number of ether oxygens (including phenoxy) is 1. The molecule has 0 spiro atoms. The van der Waals surface area contributed by atoms with Crippen LogP contribution >= 0.6 is 22.7 Å². The molecule has 0 unspecified atom stereocenters. The van der Waals surface area contributed by atoms with Crippen molar-refractivity contribution in [1.29, 1.82) is 0 Å². The number of halogens is 1. The van der Waals surface area contributed by atoms with E-state index in [9.17, 15) is 9.18 Å². The number of nitrogens with zero attached hydrogens (tertiary/aromatic N) is 1. The van der Waals surface area contributed by atoms with E-state index >= 15 is 0 Å². The summed E-state index contributed by atoms with van der Waals surface area (Å²) in [6, 6.07) is 6.20. The number of benzene rings is 1. The lowest BCUT2D eigenvalue weighted by Crippen LogP contribution is -2.07. The van der Waals surface area contributed by atoms with Gasteiger partial charge >= 0.3 is 5.97 Å². The summed E-state index contributed by atoms with van der Waals surface area (Å²) >= 11 is 2.93. The number of nitrogens with one attached hydrogen (secondary N) is 1. The van der Waals surface area contributed by atoms with Crippen molar-refractivity contribution < 1.29 is 13.9 Å². The van der Waals surface area contributed by atoms with Crippen molar-refractivity contribution >= 4 is 38.8 Å². The summed E-state index contributed by atoms with van der Waals surface area (Å²) in [5.41, 5.74) is 3.08. The first-order valence-electron chi connectivity index (χ1n) is 7.75. The number of esters is 1. The highest BCUT2D eigenvalue weighted by molar-refractivity contribution is 7.18. The molecule has 0 bridgehead atoms. The zero-order valence-corrected chi connectivity index (χ0v) is 15.7. The number of thiophene rings is 1. The van der Waals surface area contributed by atoms with E-state index in [2.05, 4.69) is 10.3 Å². The van der Waals surface area contributed by atoms with E-state index in [-0.39, 0.29) is 11.8 Å². The van der Waals surface area contributed by atoms with Gasteiger partial charge in [0.15, 0.2) is 5.13 Å². The SMILES string of the molecule is CCOC(=O)c1c(Nc2nc(-c3ccc(F)cc3)cs2)sc(C)c1C. The van der Waals surface area contributed by atoms with Gasteiger partial charge in [-0.25, -0.2) is 14.2 Å². The predicted molar refractivity (Wildman–Crippen MR) is 101 cm³/mol. The van der Waals surface area contributed by atoms with Gasteiger partial charge in [0.05, 0.1) is 17.9 Å². The largest absolute Gasteiger partial charge is 0.462 e. The molecule has 1 aromatic carbocycles. The van der Waals surface area contributed by atoms with Crippen molar-refractivity contribution in [3.05, 3.63) is 51.5 Å². The Bertz CT molecular complexity index is 900. The molecule has 0 atom stereocenters. The van der Waals surface area contributed by atoms with Crippen LogP contribution in [0, 0.1) is 19.7 Å². The number of thiazole rings is 1. The standard InChI is InChI=1S/C18H17FN2O2S2/c1-4-23-17(22)15-10(2)11(3)25-16(15)21-18-20-14(9-24-18)12-5-7-13(19)8-6-12/h5-9H,4H2,1-3H3,(H,20,21). The van der Waals surface area contributed by atoms with Crippen molar-refractivity contribution in [3.8, 4) is 11.3 Å². The fraction of sp³-hybridized carbons (Fsp3) is 0.222. The predicted octanol–water partition coefficient (Wildman–Crippen LogP) is 5.55. The quantitative estimate of drug-likeness (QED) is 0.593. The molecule has 3 rings (SSSR count). The second-order valence-electron chi connectivity index (χ2n) is 5.38. The minimum Gasteiger partial charge on any atom is -0.462 e. The smallest absolute Gasteiger partial charge is 0.341 e. The lowest BCUT2D eigenvalue weighted by Gasteiger charge is -2.05. The van der Waals surface area contributed by atoms with Gasteiger partial charge < -0.3 is 10.1 Å². The number of aromatic nitrogens is 1. The molecule has 4 nitrogen and oxygen atoms in total. The summed E-state index contributed by atoms with van der Waals surface area (Å²) in [6.45, 7) is 6.00. The molecule has 1 N–H and O–H groups in total. The lowest BCUT2D eigenvalue weighted by molar-refractivity contribution is 0.0527. The van der Waals surface area contributed by atoms with Gasteiger partial charge in [0.25, 0.3) is 0 Å². The molecule has 130 valence electrons. The molecular weight excluding hydrogens is 359 g/mol. The van der Waals surface area contributed by atoms with Crippen LogP contribution in [0.15, 0.2) is 29.6 Å². The van der Waals surface area contributed by atoms with Crippen molar-refractivity contribution in [2.24, 2.45) is 0 Å². The van der Waals surface area contributed by atoms with Gasteiger partial charge in [-0.15, -0.1) is 22.7 Å². The van der Waals surface area contributed by atoms with Crippen LogP contribution in [-0.4, -0.2) is 17.6 Å². The van der Waals surface area contributed by atoms with Gasteiger partial charge in [-0.1, -0.05) is 0 Å². The minimum absolute atomic E-state index is 0.277. The molecule has 0 fully saturated rings. The molecule has 0 aliphatic carbocycles. The average Bonchev–Trinajstić information content (AvgIpc) is 3.14. The third-order valence-corrected chi connectivity index (χ3v) is 5.61. The molecule has 2 heterocycles. The van der Waals surface area contributed by atoms with Crippen molar-refractivity contribution in [3.63, 3.8) is 0 Å². The summed E-state index contributed by atoms with van der Waals surface area (Å²) in [4.78, 5) is 17.8. The first-order chi connectivity index (χ1) is 12.0. The Kier molecular flexibility index (Phi) is 5.15. The zero-order valence-electron chi connectivity index (χ0n) is 14.1. The Labute approximate surface area is 153 Å². The second kappa shape index (κ2) is 7.33. The van der Waals surface area contributed by atoms with Crippen molar-refractivity contribution in [1.82, 2.24) is 4.98 Å². The van der Waals surface area contributed by atoms with E-state index in [1.165, 1.54) is 34.8 Å². The number of aryl methyl sites for hydroxylation is 1. The number of rotatable bonds is 5. The van der Waals surface area contributed by atoms with Crippen LogP contribution in [-0.2, 0) is 4.74 Å². The molecule has 0 saturated carbocycles. The van der Waals surface area contributed by atoms with E-state index < -0.39 is 0 Å². The summed E-state index contributed by atoms with van der Waals surface area (Å²) < 4.78 is 18.2. The minimum atomic E-state index is -0.331. The van der Waals surface area contributed by atoms with Crippen LogP contribution in [0.25, 0.3) is 11.3 Å². The molecule has 2 aromatic heterocycles. The van der Waals surface area contributed by atoms with Crippen LogP contribution in [0.3, 0.4) is 0 Å². The summed E-state index contributed by atoms with van der Waals surface area (Å²) in [5, 5.41) is 6.52. The van der Waals surface area contributed by atoms with Crippen LogP contribution in [0.4, 0.5) is 14.5 Å². The van der Waals surface area contributed by atoms with Crippen LogP contribution in [0.5, 0.6) is 0 Å². The van der Waals surface area contributed by atoms with Gasteiger partial charge in [-0.3, -0.25) is 0 Å². The van der Waals surface area contributed by atoms with Crippen LogP contribution in [0.1, 0.15) is 27.7 Å². The normalized spacial score (nSPS) is 10.7. The van der Waals surface area contributed by atoms with Gasteiger partial charge in [0, 0.05) is 15.8 Å². The summed E-state index contributed by atoms with van der Waals surface area (Å²) in [6.07, 6.45) is 0. The third kappa shape index (κ3) is 3.72. The Morgan fingerprint density at radius 1 is 1.28 bits per heavy atom. The molecule has 25 heavy (non-hydrogen) atoms. The number of anilines is 2. The molecule has 0 aliphatic rings. The number of hydrogen-bond donors (Lipinski definition) is 1. The summed E-state index contributed by atoms with van der Waals surface area (Å²) in [7, 11) is 0. The molecule has 0 aliphatic heterocycles. The van der Waals surface area contributed by atoms with E-state index in [4.69, 9.17) is 4.74 Å². The van der Waals surface area contributed by atoms with Crippen LogP contribution in [0.2, 0.25) is 0 Å². The molecule has 0 amide bonds. The molecular formula is C18H17FN2O2S2. The van der Waals surface area contributed by atoms with E-state index in [0.717, 1.165) is 26.7 Å². The average molecular weight is 376 g/mol. The van der Waals surface area contributed by atoms with Gasteiger partial charge in [-0.05, 0) is 50.6 Å². The maximum absolute atomic E-state index is 13.0. The Balaban J connectivity index is 1.87. The van der Waals surface area contributed by atoms with E-state index in [0.29, 0.717) is 17.3 Å². The highest BCUT2D eigenvalue weighted by Crippen LogP contribution is 2.36. The molecule has 0 saturated heterocycles. The third-order valence-electron chi connectivity index (χ3n) is 3.73. The monoisotopic (exact) mass is 376 g/mol. The second-order valence-corrected chi connectivity index (χ2v) is 7.46. The first kappa shape index (κ1) is 17.6. The van der Waals surface area contributed by atoms with Crippen molar-refractivity contribution in [2.75, 3.05) is 11.9 Å². The highest BCUT2D eigenvalue weighted by Gasteiger charge is 2.21. The number of hydrogen-bond acceptors (Lipinski definition) is 6. The van der Waals surface area contributed by atoms with Gasteiger partial charge in [0.1, 0.15) is 10.8 Å². The van der Waals surface area contributed by atoms with Gasteiger partial charge in [0.2, 0.25) is 0 Å². The van der Waals surface area contributed by atoms with Crippen LogP contribution < -0.4 is 5.32 Å². The fourth-order valence-corrected chi connectivity index (χ4v) is 4.18.